The first-order valence-corrected chi connectivity index (χ1v) is 10.7. The van der Waals surface area contributed by atoms with Crippen molar-refractivity contribution in [2.24, 2.45) is 16.7 Å². The highest BCUT2D eigenvalue weighted by Gasteiger charge is 2.37. The highest BCUT2D eigenvalue weighted by molar-refractivity contribution is 6.71. The minimum Gasteiger partial charge on any atom is -0.466 e. The third kappa shape index (κ3) is 8.05. The summed E-state index contributed by atoms with van der Waals surface area (Å²) in [6.45, 7) is 19.6. The number of hydrogen-bond donors (Lipinski definition) is 0. The quantitative estimate of drug-likeness (QED) is 0.538. The van der Waals surface area contributed by atoms with Crippen LogP contribution in [-0.4, -0.2) is 27.1 Å². The Hall–Kier alpha value is -0.353. The van der Waals surface area contributed by atoms with Crippen molar-refractivity contribution in [1.82, 2.24) is 0 Å². The lowest BCUT2D eigenvalue weighted by molar-refractivity contribution is -0.152. The van der Waals surface area contributed by atoms with E-state index in [9.17, 15) is 4.79 Å². The van der Waals surface area contributed by atoms with Crippen LogP contribution in [0.2, 0.25) is 13.1 Å². The molecule has 0 aliphatic heterocycles. The fourth-order valence-electron chi connectivity index (χ4n) is 2.13. The molecule has 20 heavy (non-hydrogen) atoms. The van der Waals surface area contributed by atoms with Gasteiger partial charge in [-0.05, 0) is 37.3 Å². The van der Waals surface area contributed by atoms with E-state index in [4.69, 9.17) is 9.16 Å². The Morgan fingerprint density at radius 2 is 1.60 bits per heavy atom. The summed E-state index contributed by atoms with van der Waals surface area (Å²) in [6, 6.07) is 0. The monoisotopic (exact) mass is 302 g/mol. The molecule has 0 aromatic heterocycles. The standard InChI is InChI=1S/C16H34O3Si/c1-10-19-20(8,9)12-18-14(17)13(16(5,6)7)11-15(2,3)4/h13H,10-12H2,1-9H3. The molecule has 0 spiro atoms. The molecule has 0 aromatic carbocycles. The fourth-order valence-corrected chi connectivity index (χ4v) is 3.49. The van der Waals surface area contributed by atoms with E-state index in [1.54, 1.807) is 0 Å². The molecular formula is C16H34O3Si. The van der Waals surface area contributed by atoms with Crippen LogP contribution in [0.25, 0.3) is 0 Å². The van der Waals surface area contributed by atoms with E-state index in [0.29, 0.717) is 12.8 Å². The maximum Gasteiger partial charge on any atom is 0.309 e. The van der Waals surface area contributed by atoms with Crippen molar-refractivity contribution in [2.45, 2.75) is 68.0 Å². The second-order valence-electron chi connectivity index (χ2n) is 8.48. The Morgan fingerprint density at radius 3 is 1.95 bits per heavy atom. The number of rotatable bonds is 6. The van der Waals surface area contributed by atoms with Gasteiger partial charge in [-0.2, -0.15) is 0 Å². The minimum absolute atomic E-state index is 0.0751. The lowest BCUT2D eigenvalue weighted by Crippen LogP contribution is -2.41. The van der Waals surface area contributed by atoms with Gasteiger partial charge in [0.15, 0.2) is 0 Å². The molecule has 4 heteroatoms. The SMILES string of the molecule is CCO[Si](C)(C)COC(=O)C(CC(C)(C)C)C(C)(C)C. The third-order valence-corrected chi connectivity index (χ3v) is 5.15. The van der Waals surface area contributed by atoms with Gasteiger partial charge in [0.25, 0.3) is 0 Å². The smallest absolute Gasteiger partial charge is 0.309 e. The summed E-state index contributed by atoms with van der Waals surface area (Å²) in [5.41, 5.74) is 0.0332. The molecule has 120 valence electrons. The number of ether oxygens (including phenoxy) is 1. The van der Waals surface area contributed by atoms with Gasteiger partial charge in [-0.15, -0.1) is 0 Å². The van der Waals surface area contributed by atoms with Gasteiger partial charge in [-0.3, -0.25) is 4.79 Å². The number of esters is 1. The maximum absolute atomic E-state index is 12.5. The van der Waals surface area contributed by atoms with Crippen LogP contribution in [0.1, 0.15) is 54.9 Å². The molecule has 0 fully saturated rings. The molecule has 3 nitrogen and oxygen atoms in total. The van der Waals surface area contributed by atoms with Crippen LogP contribution in [0.4, 0.5) is 0 Å². The molecule has 0 bridgehead atoms. The van der Waals surface area contributed by atoms with Gasteiger partial charge in [-0.1, -0.05) is 41.5 Å². The molecule has 0 saturated carbocycles. The second kappa shape index (κ2) is 7.08. The highest BCUT2D eigenvalue weighted by atomic mass is 28.4. The first-order chi connectivity index (χ1) is 8.78. The predicted octanol–water partition coefficient (Wildman–Crippen LogP) is 4.41. The number of carbonyl (C=O) groups is 1. The van der Waals surface area contributed by atoms with Crippen LogP contribution in [0.5, 0.6) is 0 Å². The second-order valence-corrected chi connectivity index (χ2v) is 12.6. The summed E-state index contributed by atoms with van der Waals surface area (Å²) in [4.78, 5) is 12.5. The van der Waals surface area contributed by atoms with Gasteiger partial charge in [-0.25, -0.2) is 0 Å². The Balaban J connectivity index is 4.74. The van der Waals surface area contributed by atoms with Crippen LogP contribution in [0.3, 0.4) is 0 Å². The van der Waals surface area contributed by atoms with Crippen LogP contribution in [0.15, 0.2) is 0 Å². The van der Waals surface area contributed by atoms with Crippen molar-refractivity contribution in [1.29, 1.82) is 0 Å². The summed E-state index contributed by atoms with van der Waals surface area (Å²) in [5, 5.41) is 0. The third-order valence-electron chi connectivity index (χ3n) is 3.24. The van der Waals surface area contributed by atoms with Crippen molar-refractivity contribution in [2.75, 3.05) is 12.8 Å². The van der Waals surface area contributed by atoms with Gasteiger partial charge < -0.3 is 9.16 Å². The number of carbonyl (C=O) groups excluding carboxylic acids is 1. The first kappa shape index (κ1) is 19.6. The zero-order valence-electron chi connectivity index (χ0n) is 14.9. The maximum atomic E-state index is 12.5. The van der Waals surface area contributed by atoms with Crippen LogP contribution < -0.4 is 0 Å². The molecule has 0 heterocycles. The van der Waals surface area contributed by atoms with Gasteiger partial charge in [0.05, 0.1) is 5.92 Å². The average molecular weight is 303 g/mol. The van der Waals surface area contributed by atoms with Gasteiger partial charge in [0.1, 0.15) is 6.23 Å². The average Bonchev–Trinajstić information content (AvgIpc) is 2.20. The van der Waals surface area contributed by atoms with Crippen molar-refractivity contribution in [3.8, 4) is 0 Å². The lowest BCUT2D eigenvalue weighted by Gasteiger charge is -2.34. The largest absolute Gasteiger partial charge is 0.466 e. The molecule has 0 rings (SSSR count). The molecule has 0 radical (unpaired) electrons. The molecule has 0 amide bonds. The van der Waals surface area contributed by atoms with E-state index < -0.39 is 8.32 Å². The Morgan fingerprint density at radius 1 is 1.10 bits per heavy atom. The highest BCUT2D eigenvalue weighted by Crippen LogP contribution is 2.36. The summed E-state index contributed by atoms with van der Waals surface area (Å²) >= 11 is 0. The normalized spacial score (nSPS) is 15.1. The molecule has 0 aliphatic rings. The number of hydrogen-bond acceptors (Lipinski definition) is 3. The summed E-state index contributed by atoms with van der Waals surface area (Å²) in [7, 11) is -1.87. The summed E-state index contributed by atoms with van der Waals surface area (Å²) in [5.74, 6) is -0.151. The van der Waals surface area contributed by atoms with Crippen molar-refractivity contribution in [3.05, 3.63) is 0 Å². The van der Waals surface area contributed by atoms with E-state index >= 15 is 0 Å². The van der Waals surface area contributed by atoms with Gasteiger partial charge in [0.2, 0.25) is 8.32 Å². The molecule has 0 aliphatic carbocycles. The zero-order valence-corrected chi connectivity index (χ0v) is 15.9. The fraction of sp³-hybridized carbons (Fsp3) is 0.938. The first-order valence-electron chi connectivity index (χ1n) is 7.59. The Labute approximate surface area is 126 Å². The zero-order chi connectivity index (χ0) is 16.2. The summed E-state index contributed by atoms with van der Waals surface area (Å²) < 4.78 is 11.3. The topological polar surface area (TPSA) is 35.5 Å². The van der Waals surface area contributed by atoms with Gasteiger partial charge >= 0.3 is 5.97 Å². The minimum atomic E-state index is -1.87. The Kier molecular flexibility index (Phi) is 6.95. The van der Waals surface area contributed by atoms with E-state index in [0.717, 1.165) is 6.42 Å². The molecule has 0 aromatic rings. The molecule has 1 unspecified atom stereocenters. The van der Waals surface area contributed by atoms with Crippen LogP contribution in [0, 0.1) is 16.7 Å². The van der Waals surface area contributed by atoms with E-state index in [-0.39, 0.29) is 22.7 Å². The van der Waals surface area contributed by atoms with E-state index in [1.165, 1.54) is 0 Å². The predicted molar refractivity (Wildman–Crippen MR) is 87.1 cm³/mol. The van der Waals surface area contributed by atoms with Crippen molar-refractivity contribution in [3.63, 3.8) is 0 Å². The van der Waals surface area contributed by atoms with Crippen LogP contribution in [-0.2, 0) is 14.0 Å². The van der Waals surface area contributed by atoms with Crippen LogP contribution >= 0.6 is 0 Å². The van der Waals surface area contributed by atoms with Crippen molar-refractivity contribution >= 4 is 14.3 Å². The molecule has 0 N–H and O–H groups in total. The van der Waals surface area contributed by atoms with Crippen molar-refractivity contribution < 1.29 is 14.0 Å². The summed E-state index contributed by atoms with van der Waals surface area (Å²) in [6.07, 6.45) is 1.28. The lowest BCUT2D eigenvalue weighted by atomic mass is 9.72. The van der Waals surface area contributed by atoms with E-state index in [1.807, 2.05) is 6.92 Å². The molecule has 1 atom stereocenters. The Bertz CT molecular complexity index is 311. The molecule has 0 saturated heterocycles. The van der Waals surface area contributed by atoms with Gasteiger partial charge in [0, 0.05) is 6.61 Å². The molecular weight excluding hydrogens is 268 g/mol. The van der Waals surface area contributed by atoms with E-state index in [2.05, 4.69) is 54.6 Å².